The molecule has 112 valence electrons. The van der Waals surface area contributed by atoms with Gasteiger partial charge in [0.25, 0.3) is 0 Å². The van der Waals surface area contributed by atoms with Crippen molar-refractivity contribution < 1.29 is 4.79 Å². The first kappa shape index (κ1) is 15.5. The molecular formula is C14H18ClN5O. The molecule has 1 amide bonds. The van der Waals surface area contributed by atoms with Crippen LogP contribution in [0, 0.1) is 0 Å². The lowest BCUT2D eigenvalue weighted by atomic mass is 10.2. The van der Waals surface area contributed by atoms with Gasteiger partial charge in [0.05, 0.1) is 5.69 Å². The minimum absolute atomic E-state index is 0.121. The molecule has 0 bridgehead atoms. The number of rotatable bonds is 7. The molecule has 1 aromatic heterocycles. The van der Waals surface area contributed by atoms with E-state index in [0.717, 1.165) is 25.0 Å². The van der Waals surface area contributed by atoms with E-state index in [1.165, 1.54) is 4.68 Å². The number of carbonyl (C=O) groups is 1. The standard InChI is InChI=1S/C14H18ClN5O/c15-11-4-3-6-12(8-11)17-14(21)10-20-9-13(18-19-20)5-1-2-7-16/h3-4,6,8-9H,1-2,5,7,10,16H2,(H,17,21). The van der Waals surface area contributed by atoms with Crippen molar-refractivity contribution in [1.82, 2.24) is 15.0 Å². The second kappa shape index (κ2) is 7.75. The fourth-order valence-corrected chi connectivity index (χ4v) is 2.08. The summed E-state index contributed by atoms with van der Waals surface area (Å²) in [4.78, 5) is 11.9. The highest BCUT2D eigenvalue weighted by Crippen LogP contribution is 2.14. The highest BCUT2D eigenvalue weighted by Gasteiger charge is 2.07. The summed E-state index contributed by atoms with van der Waals surface area (Å²) in [5.74, 6) is -0.171. The monoisotopic (exact) mass is 307 g/mol. The lowest BCUT2D eigenvalue weighted by Gasteiger charge is -2.05. The SMILES string of the molecule is NCCCCc1cn(CC(=O)Nc2cccc(Cl)c2)nn1. The zero-order chi connectivity index (χ0) is 15.1. The summed E-state index contributed by atoms with van der Waals surface area (Å²) < 4.78 is 1.53. The molecule has 0 saturated carbocycles. The lowest BCUT2D eigenvalue weighted by molar-refractivity contribution is -0.116. The molecule has 2 rings (SSSR count). The summed E-state index contributed by atoms with van der Waals surface area (Å²) in [7, 11) is 0. The molecule has 0 saturated heterocycles. The van der Waals surface area contributed by atoms with Gasteiger partial charge < -0.3 is 11.1 Å². The molecule has 1 heterocycles. The van der Waals surface area contributed by atoms with Crippen molar-refractivity contribution in [1.29, 1.82) is 0 Å². The number of hydrogen-bond acceptors (Lipinski definition) is 4. The van der Waals surface area contributed by atoms with Crippen molar-refractivity contribution in [2.24, 2.45) is 5.73 Å². The predicted octanol–water partition coefficient (Wildman–Crippen LogP) is 1.85. The van der Waals surface area contributed by atoms with Crippen LogP contribution >= 0.6 is 11.6 Å². The van der Waals surface area contributed by atoms with Crippen LogP contribution in [0.1, 0.15) is 18.5 Å². The summed E-state index contributed by atoms with van der Waals surface area (Å²) in [6.07, 6.45) is 4.55. The maximum atomic E-state index is 11.9. The van der Waals surface area contributed by atoms with Gasteiger partial charge in [0.1, 0.15) is 6.54 Å². The Kier molecular flexibility index (Phi) is 5.71. The Morgan fingerprint density at radius 1 is 1.38 bits per heavy atom. The molecule has 0 unspecified atom stereocenters. The largest absolute Gasteiger partial charge is 0.330 e. The van der Waals surface area contributed by atoms with E-state index in [1.807, 2.05) is 0 Å². The first-order valence-corrected chi connectivity index (χ1v) is 7.19. The number of halogens is 1. The minimum atomic E-state index is -0.171. The van der Waals surface area contributed by atoms with Crippen molar-refractivity contribution in [3.8, 4) is 0 Å². The maximum absolute atomic E-state index is 11.9. The highest BCUT2D eigenvalue weighted by molar-refractivity contribution is 6.30. The number of nitrogens with two attached hydrogens (primary N) is 1. The molecule has 0 aliphatic heterocycles. The van der Waals surface area contributed by atoms with E-state index in [1.54, 1.807) is 30.5 Å². The second-order valence-corrected chi connectivity index (χ2v) is 5.15. The molecule has 0 fully saturated rings. The van der Waals surface area contributed by atoms with E-state index in [0.29, 0.717) is 17.3 Å². The predicted molar refractivity (Wildman–Crippen MR) is 82.1 cm³/mol. The number of aromatic nitrogens is 3. The smallest absolute Gasteiger partial charge is 0.246 e. The Balaban J connectivity index is 1.85. The number of benzene rings is 1. The van der Waals surface area contributed by atoms with Crippen LogP contribution in [0.2, 0.25) is 5.02 Å². The first-order valence-electron chi connectivity index (χ1n) is 6.82. The molecule has 0 aliphatic rings. The van der Waals surface area contributed by atoms with E-state index in [2.05, 4.69) is 15.6 Å². The van der Waals surface area contributed by atoms with Crippen LogP contribution in [-0.2, 0) is 17.8 Å². The number of anilines is 1. The van der Waals surface area contributed by atoms with Crippen LogP contribution in [-0.4, -0.2) is 27.4 Å². The van der Waals surface area contributed by atoms with Crippen LogP contribution in [0.25, 0.3) is 0 Å². The van der Waals surface area contributed by atoms with Gasteiger partial charge in [0.2, 0.25) is 5.91 Å². The molecule has 2 aromatic rings. The van der Waals surface area contributed by atoms with Crippen LogP contribution in [0.15, 0.2) is 30.5 Å². The number of nitrogens with one attached hydrogen (secondary N) is 1. The van der Waals surface area contributed by atoms with Gasteiger partial charge in [-0.25, -0.2) is 4.68 Å². The zero-order valence-corrected chi connectivity index (χ0v) is 12.4. The molecule has 7 heteroatoms. The molecular weight excluding hydrogens is 290 g/mol. The Morgan fingerprint density at radius 2 is 2.24 bits per heavy atom. The molecule has 1 aromatic carbocycles. The Labute approximate surface area is 128 Å². The van der Waals surface area contributed by atoms with Gasteiger partial charge in [-0.15, -0.1) is 5.10 Å². The third kappa shape index (κ3) is 5.17. The number of aryl methyl sites for hydroxylation is 1. The van der Waals surface area contributed by atoms with E-state index in [4.69, 9.17) is 17.3 Å². The average molecular weight is 308 g/mol. The average Bonchev–Trinajstić information content (AvgIpc) is 2.86. The third-order valence-corrected chi connectivity index (χ3v) is 3.12. The van der Waals surface area contributed by atoms with Crippen molar-refractivity contribution >= 4 is 23.2 Å². The summed E-state index contributed by atoms with van der Waals surface area (Å²) in [5.41, 5.74) is 6.98. The number of amides is 1. The van der Waals surface area contributed by atoms with Gasteiger partial charge in [-0.05, 0) is 44.0 Å². The highest BCUT2D eigenvalue weighted by atomic mass is 35.5. The van der Waals surface area contributed by atoms with E-state index in [-0.39, 0.29) is 12.5 Å². The number of carbonyl (C=O) groups excluding carboxylic acids is 1. The van der Waals surface area contributed by atoms with Gasteiger partial charge in [-0.3, -0.25) is 4.79 Å². The second-order valence-electron chi connectivity index (χ2n) is 4.71. The first-order chi connectivity index (χ1) is 10.2. The van der Waals surface area contributed by atoms with E-state index >= 15 is 0 Å². The minimum Gasteiger partial charge on any atom is -0.330 e. The summed E-state index contributed by atoms with van der Waals surface area (Å²) in [6.45, 7) is 0.798. The molecule has 0 atom stereocenters. The zero-order valence-electron chi connectivity index (χ0n) is 11.6. The fraction of sp³-hybridized carbons (Fsp3) is 0.357. The van der Waals surface area contributed by atoms with Crippen molar-refractivity contribution in [2.45, 2.75) is 25.8 Å². The normalized spacial score (nSPS) is 10.6. The number of hydrogen-bond donors (Lipinski definition) is 2. The van der Waals surface area contributed by atoms with Crippen LogP contribution < -0.4 is 11.1 Å². The third-order valence-electron chi connectivity index (χ3n) is 2.89. The van der Waals surface area contributed by atoms with Crippen molar-refractivity contribution in [3.63, 3.8) is 0 Å². The van der Waals surface area contributed by atoms with Crippen LogP contribution in [0.3, 0.4) is 0 Å². The van der Waals surface area contributed by atoms with Gasteiger partial charge >= 0.3 is 0 Å². The topological polar surface area (TPSA) is 85.8 Å². The Morgan fingerprint density at radius 3 is 3.00 bits per heavy atom. The quantitative estimate of drug-likeness (QED) is 0.764. The van der Waals surface area contributed by atoms with Crippen molar-refractivity contribution in [2.75, 3.05) is 11.9 Å². The molecule has 0 spiro atoms. The van der Waals surface area contributed by atoms with E-state index in [9.17, 15) is 4.79 Å². The summed E-state index contributed by atoms with van der Waals surface area (Å²) in [6, 6.07) is 7.01. The number of nitrogens with zero attached hydrogens (tertiary/aromatic N) is 3. The van der Waals surface area contributed by atoms with Crippen LogP contribution in [0.4, 0.5) is 5.69 Å². The molecule has 21 heavy (non-hydrogen) atoms. The number of unbranched alkanes of at least 4 members (excludes halogenated alkanes) is 1. The summed E-state index contributed by atoms with van der Waals surface area (Å²) >= 11 is 5.86. The van der Waals surface area contributed by atoms with Crippen LogP contribution in [0.5, 0.6) is 0 Å². The Hall–Kier alpha value is -1.92. The lowest BCUT2D eigenvalue weighted by Crippen LogP contribution is -2.19. The van der Waals surface area contributed by atoms with Gasteiger partial charge in [0, 0.05) is 16.9 Å². The Bertz CT molecular complexity index is 599. The van der Waals surface area contributed by atoms with Gasteiger partial charge in [-0.2, -0.15) is 0 Å². The summed E-state index contributed by atoms with van der Waals surface area (Å²) in [5, 5.41) is 11.3. The molecule has 0 radical (unpaired) electrons. The van der Waals surface area contributed by atoms with Gasteiger partial charge in [-0.1, -0.05) is 22.9 Å². The maximum Gasteiger partial charge on any atom is 0.246 e. The van der Waals surface area contributed by atoms with Crippen molar-refractivity contribution in [3.05, 3.63) is 41.2 Å². The van der Waals surface area contributed by atoms with E-state index < -0.39 is 0 Å². The molecule has 3 N–H and O–H groups in total. The fourth-order valence-electron chi connectivity index (χ4n) is 1.89. The van der Waals surface area contributed by atoms with Gasteiger partial charge in [0.15, 0.2) is 0 Å². The molecule has 0 aliphatic carbocycles. The molecule has 6 nitrogen and oxygen atoms in total.